The minimum atomic E-state index is -0.183. The lowest BCUT2D eigenvalue weighted by Crippen LogP contribution is -2.01. The molecular weight excluding hydrogens is 264 g/mol. The standard InChI is InChI=1S/C6H8Br2O2/c1-2-6(9)10-4-3-5(7)8/h3H,2,4H2,1H3. The zero-order valence-corrected chi connectivity index (χ0v) is 8.74. The van der Waals surface area contributed by atoms with Gasteiger partial charge in [0.15, 0.2) is 0 Å². The lowest BCUT2D eigenvalue weighted by atomic mass is 10.5. The van der Waals surface area contributed by atoms with Crippen molar-refractivity contribution in [2.45, 2.75) is 13.3 Å². The highest BCUT2D eigenvalue weighted by atomic mass is 79.9. The van der Waals surface area contributed by atoms with Gasteiger partial charge in [-0.3, -0.25) is 4.79 Å². The highest BCUT2D eigenvalue weighted by molar-refractivity contribution is 9.28. The van der Waals surface area contributed by atoms with E-state index in [1.165, 1.54) is 0 Å². The molecule has 0 aliphatic carbocycles. The first-order valence-corrected chi connectivity index (χ1v) is 4.42. The molecule has 0 unspecified atom stereocenters. The highest BCUT2D eigenvalue weighted by Gasteiger charge is 1.94. The van der Waals surface area contributed by atoms with Gasteiger partial charge in [0.1, 0.15) is 6.61 Å². The summed E-state index contributed by atoms with van der Waals surface area (Å²) in [5, 5.41) is 0. The van der Waals surface area contributed by atoms with Crippen LogP contribution in [0.15, 0.2) is 9.47 Å². The average Bonchev–Trinajstić information content (AvgIpc) is 1.87. The summed E-state index contributed by atoms with van der Waals surface area (Å²) in [6.07, 6.45) is 2.14. The molecule has 0 aliphatic rings. The van der Waals surface area contributed by atoms with Crippen LogP contribution in [-0.4, -0.2) is 12.6 Å². The van der Waals surface area contributed by atoms with Gasteiger partial charge in [0.05, 0.1) is 3.39 Å². The van der Waals surface area contributed by atoms with Crippen molar-refractivity contribution in [3.05, 3.63) is 9.47 Å². The Morgan fingerprint density at radius 3 is 2.60 bits per heavy atom. The minimum absolute atomic E-state index is 0.183. The van der Waals surface area contributed by atoms with Crippen molar-refractivity contribution in [3.8, 4) is 0 Å². The molecular formula is C6H8Br2O2. The third kappa shape index (κ3) is 6.29. The van der Waals surface area contributed by atoms with Gasteiger partial charge < -0.3 is 4.74 Å². The second kappa shape index (κ2) is 5.92. The number of halogens is 2. The predicted molar refractivity (Wildman–Crippen MR) is 47.2 cm³/mol. The van der Waals surface area contributed by atoms with Crippen LogP contribution in [0.25, 0.3) is 0 Å². The summed E-state index contributed by atoms with van der Waals surface area (Å²) in [4.78, 5) is 10.5. The smallest absolute Gasteiger partial charge is 0.305 e. The fourth-order valence-corrected chi connectivity index (χ4v) is 0.564. The lowest BCUT2D eigenvalue weighted by Gasteiger charge is -1.96. The third-order valence-electron chi connectivity index (χ3n) is 0.771. The van der Waals surface area contributed by atoms with Crippen LogP contribution in [0, 0.1) is 0 Å². The van der Waals surface area contributed by atoms with Gasteiger partial charge in [-0.15, -0.1) is 0 Å². The van der Waals surface area contributed by atoms with Crippen LogP contribution in [0.1, 0.15) is 13.3 Å². The van der Waals surface area contributed by atoms with Gasteiger partial charge in [-0.2, -0.15) is 0 Å². The first kappa shape index (κ1) is 10.2. The van der Waals surface area contributed by atoms with Crippen LogP contribution in [0.5, 0.6) is 0 Å². The summed E-state index contributed by atoms with van der Waals surface area (Å²) >= 11 is 6.27. The van der Waals surface area contributed by atoms with E-state index in [1.807, 2.05) is 0 Å². The Labute approximate surface area is 76.9 Å². The Bertz CT molecular complexity index is 139. The van der Waals surface area contributed by atoms with Crippen molar-refractivity contribution in [1.29, 1.82) is 0 Å². The van der Waals surface area contributed by atoms with E-state index >= 15 is 0 Å². The molecule has 0 saturated heterocycles. The lowest BCUT2D eigenvalue weighted by molar-refractivity contribution is -0.141. The second-order valence-electron chi connectivity index (χ2n) is 1.53. The summed E-state index contributed by atoms with van der Waals surface area (Å²) in [7, 11) is 0. The SMILES string of the molecule is CCC(=O)OCC=C(Br)Br. The van der Waals surface area contributed by atoms with Crippen molar-refractivity contribution in [1.82, 2.24) is 0 Å². The number of hydrogen-bond acceptors (Lipinski definition) is 2. The Morgan fingerprint density at radius 1 is 1.60 bits per heavy atom. The van der Waals surface area contributed by atoms with Crippen LogP contribution in [0.3, 0.4) is 0 Å². The summed E-state index contributed by atoms with van der Waals surface area (Å²) < 4.78 is 5.52. The van der Waals surface area contributed by atoms with Gasteiger partial charge >= 0.3 is 5.97 Å². The summed E-state index contributed by atoms with van der Waals surface area (Å²) in [6.45, 7) is 2.08. The van der Waals surface area contributed by atoms with E-state index in [-0.39, 0.29) is 5.97 Å². The number of carbonyl (C=O) groups excluding carboxylic acids is 1. The molecule has 0 aliphatic heterocycles. The van der Waals surface area contributed by atoms with Crippen molar-refractivity contribution in [2.75, 3.05) is 6.61 Å². The largest absolute Gasteiger partial charge is 0.461 e. The molecule has 0 aromatic carbocycles. The molecule has 0 fully saturated rings. The van der Waals surface area contributed by atoms with Crippen molar-refractivity contribution in [2.24, 2.45) is 0 Å². The highest BCUT2D eigenvalue weighted by Crippen LogP contribution is 2.11. The van der Waals surface area contributed by atoms with E-state index in [9.17, 15) is 4.79 Å². The minimum Gasteiger partial charge on any atom is -0.461 e. The van der Waals surface area contributed by atoms with Crippen LogP contribution >= 0.6 is 31.9 Å². The van der Waals surface area contributed by atoms with Gasteiger partial charge in [-0.25, -0.2) is 0 Å². The van der Waals surface area contributed by atoms with E-state index in [2.05, 4.69) is 31.9 Å². The summed E-state index contributed by atoms with van der Waals surface area (Å²) in [5.41, 5.74) is 0. The van der Waals surface area contributed by atoms with Crippen LogP contribution in [-0.2, 0) is 9.53 Å². The van der Waals surface area contributed by atoms with Crippen molar-refractivity contribution in [3.63, 3.8) is 0 Å². The zero-order valence-electron chi connectivity index (χ0n) is 5.56. The van der Waals surface area contributed by atoms with E-state index in [0.29, 0.717) is 13.0 Å². The van der Waals surface area contributed by atoms with E-state index in [1.54, 1.807) is 13.0 Å². The van der Waals surface area contributed by atoms with Gasteiger partial charge in [0, 0.05) is 6.42 Å². The number of ether oxygens (including phenoxy) is 1. The molecule has 0 amide bonds. The zero-order chi connectivity index (χ0) is 7.98. The molecule has 0 aromatic heterocycles. The molecule has 0 spiro atoms. The summed E-state index contributed by atoms with van der Waals surface area (Å²) in [5.74, 6) is -0.183. The quantitative estimate of drug-likeness (QED) is 0.738. The van der Waals surface area contributed by atoms with Gasteiger partial charge in [-0.05, 0) is 37.9 Å². The van der Waals surface area contributed by atoms with Gasteiger partial charge in [-0.1, -0.05) is 6.92 Å². The maximum Gasteiger partial charge on any atom is 0.305 e. The molecule has 0 radical (unpaired) electrons. The molecule has 0 N–H and O–H groups in total. The molecule has 58 valence electrons. The Balaban J connectivity index is 3.37. The molecule has 0 rings (SSSR count). The number of esters is 1. The topological polar surface area (TPSA) is 26.3 Å². The van der Waals surface area contributed by atoms with E-state index < -0.39 is 0 Å². The van der Waals surface area contributed by atoms with Gasteiger partial charge in [0.2, 0.25) is 0 Å². The fourth-order valence-electron chi connectivity index (χ4n) is 0.300. The molecule has 0 saturated carbocycles. The maximum absolute atomic E-state index is 10.5. The summed E-state index contributed by atoms with van der Waals surface area (Å²) in [6, 6.07) is 0. The molecule has 0 heterocycles. The molecule has 10 heavy (non-hydrogen) atoms. The van der Waals surface area contributed by atoms with Gasteiger partial charge in [0.25, 0.3) is 0 Å². The Morgan fingerprint density at radius 2 is 2.20 bits per heavy atom. The Hall–Kier alpha value is 0.170. The Kier molecular flexibility index (Phi) is 6.02. The number of carbonyl (C=O) groups is 1. The molecule has 4 heteroatoms. The van der Waals surface area contributed by atoms with Crippen LogP contribution in [0.4, 0.5) is 0 Å². The number of hydrogen-bond donors (Lipinski definition) is 0. The van der Waals surface area contributed by atoms with Crippen LogP contribution in [0.2, 0.25) is 0 Å². The normalized spacial score (nSPS) is 8.70. The average molecular weight is 272 g/mol. The second-order valence-corrected chi connectivity index (χ2v) is 4.30. The molecule has 2 nitrogen and oxygen atoms in total. The first-order chi connectivity index (χ1) is 4.66. The predicted octanol–water partition coefficient (Wildman–Crippen LogP) is 2.57. The fraction of sp³-hybridized carbons (Fsp3) is 0.500. The van der Waals surface area contributed by atoms with E-state index in [0.717, 1.165) is 3.39 Å². The molecule has 0 aromatic rings. The van der Waals surface area contributed by atoms with E-state index in [4.69, 9.17) is 4.74 Å². The van der Waals surface area contributed by atoms with Crippen LogP contribution < -0.4 is 0 Å². The first-order valence-electron chi connectivity index (χ1n) is 2.83. The maximum atomic E-state index is 10.5. The number of rotatable bonds is 3. The van der Waals surface area contributed by atoms with Crippen molar-refractivity contribution < 1.29 is 9.53 Å². The monoisotopic (exact) mass is 270 g/mol. The van der Waals surface area contributed by atoms with Crippen molar-refractivity contribution >= 4 is 37.8 Å². The third-order valence-corrected chi connectivity index (χ3v) is 1.42. The molecule has 0 bridgehead atoms. The molecule has 0 atom stereocenters.